The molecule has 40 heavy (non-hydrogen) atoms. The second kappa shape index (κ2) is 13.8. The fraction of sp³-hybridized carbons (Fsp3) is 0. The summed E-state index contributed by atoms with van der Waals surface area (Å²) in [6.07, 6.45) is 4.34. The van der Waals surface area contributed by atoms with Crippen LogP contribution in [0.4, 0.5) is 5.69 Å². The van der Waals surface area contributed by atoms with E-state index in [1.54, 1.807) is 60.7 Å². The van der Waals surface area contributed by atoms with Gasteiger partial charge in [-0.1, -0.05) is 63.9 Å². The first-order valence-corrected chi connectivity index (χ1v) is 13.7. The first-order valence-electron chi connectivity index (χ1n) is 11.7. The molecule has 0 unspecified atom stereocenters. The number of anilines is 1. The third-order valence-electron chi connectivity index (χ3n) is 5.31. The number of nitrogens with one attached hydrogen (secondary N) is 2. The van der Waals surface area contributed by atoms with Gasteiger partial charge < -0.3 is 10.1 Å². The number of ether oxygens (including phenoxy) is 1. The van der Waals surface area contributed by atoms with Gasteiger partial charge in [0, 0.05) is 37.9 Å². The number of amides is 2. The molecule has 0 heterocycles. The normalized spacial score (nSPS) is 11.0. The van der Waals surface area contributed by atoms with Crippen LogP contribution in [0.2, 0.25) is 5.02 Å². The van der Waals surface area contributed by atoms with Crippen molar-refractivity contribution in [2.75, 3.05) is 5.32 Å². The van der Waals surface area contributed by atoms with Gasteiger partial charge in [0.25, 0.3) is 11.8 Å². The molecule has 0 radical (unpaired) electrons. The summed E-state index contributed by atoms with van der Waals surface area (Å²) >= 11 is 12.7. The molecule has 4 aromatic rings. The molecule has 0 aliphatic carbocycles. The summed E-state index contributed by atoms with van der Waals surface area (Å²) < 4.78 is 6.76. The maximum Gasteiger partial charge on any atom is 0.336 e. The Morgan fingerprint density at radius 3 is 2.33 bits per heavy atom. The largest absolute Gasteiger partial charge is 0.421 e. The summed E-state index contributed by atoms with van der Waals surface area (Å²) in [6, 6.07) is 25.6. The number of benzene rings is 4. The standard InChI is InChI=1S/C30H20Br2ClN3O4/c31-23-15-22(28(26(32)17-23)40-27(37)14-9-19-5-2-1-3-6-19)18-34-36-30(39)21-7-4-8-25(16-21)35-29(38)20-10-12-24(33)13-11-20/h1-18H,(H,35,38)(H,36,39)/b14-9+,34-18?. The molecule has 0 aromatic heterocycles. The first-order chi connectivity index (χ1) is 19.3. The van der Waals surface area contributed by atoms with Crippen LogP contribution in [0.25, 0.3) is 6.08 Å². The number of esters is 1. The van der Waals surface area contributed by atoms with E-state index in [0.29, 0.717) is 30.8 Å². The minimum atomic E-state index is -0.581. The minimum absolute atomic E-state index is 0.232. The van der Waals surface area contributed by atoms with Gasteiger partial charge in [0.1, 0.15) is 0 Å². The monoisotopic (exact) mass is 679 g/mol. The van der Waals surface area contributed by atoms with Crippen LogP contribution in [0, 0.1) is 0 Å². The third kappa shape index (κ3) is 8.22. The zero-order chi connectivity index (χ0) is 28.5. The molecule has 0 aliphatic rings. The van der Waals surface area contributed by atoms with Crippen molar-refractivity contribution in [3.05, 3.63) is 133 Å². The number of nitrogens with zero attached hydrogens (tertiary/aromatic N) is 1. The van der Waals surface area contributed by atoms with E-state index in [1.165, 1.54) is 18.4 Å². The second-order valence-corrected chi connectivity index (χ2v) is 10.4. The van der Waals surface area contributed by atoms with Gasteiger partial charge in [-0.15, -0.1) is 0 Å². The van der Waals surface area contributed by atoms with E-state index in [1.807, 2.05) is 30.3 Å². The quantitative estimate of drug-likeness (QED) is 0.0662. The summed E-state index contributed by atoms with van der Waals surface area (Å²) in [7, 11) is 0. The Kier molecular flexibility index (Phi) is 10.0. The molecule has 0 spiro atoms. The van der Waals surface area contributed by atoms with Crippen molar-refractivity contribution >= 4 is 79.2 Å². The van der Waals surface area contributed by atoms with E-state index in [4.69, 9.17) is 16.3 Å². The lowest BCUT2D eigenvalue weighted by molar-refractivity contribution is -0.128. The van der Waals surface area contributed by atoms with Crippen molar-refractivity contribution in [3.63, 3.8) is 0 Å². The van der Waals surface area contributed by atoms with Crippen LogP contribution in [0.15, 0.2) is 111 Å². The molecule has 0 saturated carbocycles. The van der Waals surface area contributed by atoms with Crippen LogP contribution in [0.3, 0.4) is 0 Å². The number of hydrogen-bond donors (Lipinski definition) is 2. The SMILES string of the molecule is O=C(/C=C/c1ccccc1)Oc1c(Br)cc(Br)cc1C=NNC(=O)c1cccc(NC(=O)c2ccc(Cl)cc2)c1. The molecule has 4 aromatic carbocycles. The number of halogens is 3. The predicted octanol–water partition coefficient (Wildman–Crippen LogP) is 7.50. The number of hydrazone groups is 1. The lowest BCUT2D eigenvalue weighted by atomic mass is 10.1. The van der Waals surface area contributed by atoms with Gasteiger partial charge >= 0.3 is 5.97 Å². The summed E-state index contributed by atoms with van der Waals surface area (Å²) in [4.78, 5) is 37.7. The van der Waals surface area contributed by atoms with Crippen LogP contribution in [0.5, 0.6) is 5.75 Å². The van der Waals surface area contributed by atoms with E-state index in [-0.39, 0.29) is 17.2 Å². The molecule has 0 fully saturated rings. The second-order valence-electron chi connectivity index (χ2n) is 8.21. The third-order valence-corrected chi connectivity index (χ3v) is 6.61. The molecular weight excluding hydrogens is 662 g/mol. The van der Waals surface area contributed by atoms with E-state index in [0.717, 1.165) is 5.56 Å². The van der Waals surface area contributed by atoms with Crippen LogP contribution >= 0.6 is 43.5 Å². The van der Waals surface area contributed by atoms with Crippen LogP contribution in [-0.2, 0) is 4.79 Å². The van der Waals surface area contributed by atoms with Crippen molar-refractivity contribution in [2.24, 2.45) is 5.10 Å². The zero-order valence-corrected chi connectivity index (χ0v) is 24.5. The highest BCUT2D eigenvalue weighted by atomic mass is 79.9. The maximum atomic E-state index is 12.7. The van der Waals surface area contributed by atoms with E-state index in [9.17, 15) is 14.4 Å². The van der Waals surface area contributed by atoms with Crippen LogP contribution in [-0.4, -0.2) is 24.0 Å². The Morgan fingerprint density at radius 1 is 0.825 bits per heavy atom. The average molecular weight is 682 g/mol. The van der Waals surface area contributed by atoms with E-state index < -0.39 is 11.9 Å². The van der Waals surface area contributed by atoms with E-state index in [2.05, 4.69) is 47.7 Å². The zero-order valence-electron chi connectivity index (χ0n) is 20.6. The molecule has 0 atom stereocenters. The maximum absolute atomic E-state index is 12.7. The number of hydrogen-bond acceptors (Lipinski definition) is 5. The molecule has 0 bridgehead atoms. The van der Waals surface area contributed by atoms with Crippen molar-refractivity contribution < 1.29 is 19.1 Å². The molecule has 2 amide bonds. The summed E-state index contributed by atoms with van der Waals surface area (Å²) in [6.45, 7) is 0. The Bertz CT molecular complexity index is 1610. The molecule has 2 N–H and O–H groups in total. The van der Waals surface area contributed by atoms with Gasteiger partial charge in [0.2, 0.25) is 0 Å². The summed E-state index contributed by atoms with van der Waals surface area (Å²) in [5.41, 5.74) is 4.88. The fourth-order valence-electron chi connectivity index (χ4n) is 3.41. The fourth-order valence-corrected chi connectivity index (χ4v) is 4.88. The smallest absolute Gasteiger partial charge is 0.336 e. The van der Waals surface area contributed by atoms with Crippen molar-refractivity contribution in [1.82, 2.24) is 5.43 Å². The molecule has 10 heteroatoms. The van der Waals surface area contributed by atoms with Gasteiger partial charge in [-0.3, -0.25) is 9.59 Å². The molecule has 0 aliphatic heterocycles. The highest BCUT2D eigenvalue weighted by molar-refractivity contribution is 9.11. The Balaban J connectivity index is 1.43. The van der Waals surface area contributed by atoms with Crippen LogP contribution < -0.4 is 15.5 Å². The Labute approximate surface area is 252 Å². The Hall–Kier alpha value is -4.05. The number of carbonyl (C=O) groups excluding carboxylic acids is 3. The molecular formula is C30H20Br2ClN3O4. The number of rotatable bonds is 8. The highest BCUT2D eigenvalue weighted by Crippen LogP contribution is 2.32. The van der Waals surface area contributed by atoms with Gasteiger partial charge in [0.15, 0.2) is 5.75 Å². The minimum Gasteiger partial charge on any atom is -0.421 e. The van der Waals surface area contributed by atoms with Gasteiger partial charge in [0.05, 0.1) is 10.7 Å². The average Bonchev–Trinajstić information content (AvgIpc) is 2.94. The summed E-state index contributed by atoms with van der Waals surface area (Å²) in [5, 5.41) is 7.31. The summed E-state index contributed by atoms with van der Waals surface area (Å²) in [5.74, 6) is -1.19. The van der Waals surface area contributed by atoms with Gasteiger partial charge in [-0.05, 0) is 82.2 Å². The predicted molar refractivity (Wildman–Crippen MR) is 164 cm³/mol. The Morgan fingerprint density at radius 2 is 1.57 bits per heavy atom. The topological polar surface area (TPSA) is 96.9 Å². The van der Waals surface area contributed by atoms with Gasteiger partial charge in [-0.25, -0.2) is 10.2 Å². The first kappa shape index (κ1) is 28.9. The lowest BCUT2D eigenvalue weighted by Gasteiger charge is -2.09. The van der Waals surface area contributed by atoms with Crippen molar-refractivity contribution in [3.8, 4) is 5.75 Å². The highest BCUT2D eigenvalue weighted by Gasteiger charge is 2.13. The number of carbonyl (C=O) groups is 3. The van der Waals surface area contributed by atoms with Gasteiger partial charge in [-0.2, -0.15) is 5.10 Å². The van der Waals surface area contributed by atoms with Crippen molar-refractivity contribution in [1.29, 1.82) is 0 Å². The lowest BCUT2D eigenvalue weighted by Crippen LogP contribution is -2.18. The molecule has 7 nitrogen and oxygen atoms in total. The molecule has 200 valence electrons. The van der Waals surface area contributed by atoms with Crippen LogP contribution in [0.1, 0.15) is 31.8 Å². The van der Waals surface area contributed by atoms with Crippen molar-refractivity contribution in [2.45, 2.75) is 0 Å². The molecule has 0 saturated heterocycles. The van der Waals surface area contributed by atoms with E-state index >= 15 is 0 Å². The molecule has 4 rings (SSSR count).